The van der Waals surface area contributed by atoms with Crippen LogP contribution in [0.2, 0.25) is 0 Å². The predicted octanol–water partition coefficient (Wildman–Crippen LogP) is 2.05. The van der Waals surface area contributed by atoms with Crippen LogP contribution in [0.5, 0.6) is 17.2 Å². The van der Waals surface area contributed by atoms with E-state index in [0.717, 1.165) is 0 Å². The first-order valence-corrected chi connectivity index (χ1v) is 5.75. The molecule has 4 N–H and O–H groups in total. The molecule has 0 atom stereocenters. The fourth-order valence-corrected chi connectivity index (χ4v) is 1.49. The van der Waals surface area contributed by atoms with E-state index in [1.54, 1.807) is 6.07 Å². The highest BCUT2D eigenvalue weighted by atomic mass is 16.5. The first-order valence-electron chi connectivity index (χ1n) is 5.75. The standard InChI is InChI=1S/C12H20N2O3/c1-4-15-8-7-9(16-5-2)11(14)12(10(8)13)17-6-3/h7H,4-6,13-14H2,1-3H3. The number of nitrogen functional groups attached to an aromatic ring is 2. The van der Waals surface area contributed by atoms with Crippen molar-refractivity contribution in [1.29, 1.82) is 0 Å². The van der Waals surface area contributed by atoms with E-state index >= 15 is 0 Å². The molecule has 1 aromatic rings. The van der Waals surface area contributed by atoms with Gasteiger partial charge < -0.3 is 25.7 Å². The molecule has 0 aliphatic carbocycles. The molecule has 0 spiro atoms. The van der Waals surface area contributed by atoms with Crippen molar-refractivity contribution in [2.75, 3.05) is 31.3 Å². The van der Waals surface area contributed by atoms with Crippen molar-refractivity contribution in [2.24, 2.45) is 0 Å². The number of hydrogen-bond acceptors (Lipinski definition) is 5. The second-order valence-corrected chi connectivity index (χ2v) is 3.33. The maximum Gasteiger partial charge on any atom is 0.172 e. The second-order valence-electron chi connectivity index (χ2n) is 3.33. The van der Waals surface area contributed by atoms with Crippen LogP contribution in [-0.4, -0.2) is 19.8 Å². The zero-order valence-corrected chi connectivity index (χ0v) is 10.6. The van der Waals surface area contributed by atoms with Gasteiger partial charge in [-0.25, -0.2) is 0 Å². The van der Waals surface area contributed by atoms with Gasteiger partial charge in [-0.3, -0.25) is 0 Å². The smallest absolute Gasteiger partial charge is 0.172 e. The van der Waals surface area contributed by atoms with Crippen LogP contribution < -0.4 is 25.7 Å². The molecule has 0 saturated heterocycles. The summed E-state index contributed by atoms with van der Waals surface area (Å²) in [5, 5.41) is 0. The zero-order chi connectivity index (χ0) is 12.8. The average Bonchev–Trinajstić information content (AvgIpc) is 2.31. The molecular weight excluding hydrogens is 220 g/mol. The van der Waals surface area contributed by atoms with E-state index in [0.29, 0.717) is 48.4 Å². The van der Waals surface area contributed by atoms with Crippen LogP contribution in [0.4, 0.5) is 11.4 Å². The van der Waals surface area contributed by atoms with E-state index in [9.17, 15) is 0 Å². The monoisotopic (exact) mass is 240 g/mol. The molecule has 17 heavy (non-hydrogen) atoms. The molecule has 1 rings (SSSR count). The van der Waals surface area contributed by atoms with Gasteiger partial charge in [0.15, 0.2) is 5.75 Å². The molecular formula is C12H20N2O3. The molecule has 0 saturated carbocycles. The van der Waals surface area contributed by atoms with Crippen LogP contribution >= 0.6 is 0 Å². The molecule has 5 heteroatoms. The lowest BCUT2D eigenvalue weighted by molar-refractivity contribution is 0.312. The van der Waals surface area contributed by atoms with Gasteiger partial charge in [-0.05, 0) is 20.8 Å². The summed E-state index contributed by atoms with van der Waals surface area (Å²) < 4.78 is 16.3. The molecule has 0 amide bonds. The van der Waals surface area contributed by atoms with Crippen molar-refractivity contribution in [3.63, 3.8) is 0 Å². The zero-order valence-electron chi connectivity index (χ0n) is 10.6. The minimum atomic E-state index is 0.412. The van der Waals surface area contributed by atoms with Crippen LogP contribution in [0.15, 0.2) is 6.07 Å². The summed E-state index contributed by atoms with van der Waals surface area (Å²) in [5.74, 6) is 1.50. The van der Waals surface area contributed by atoms with Crippen molar-refractivity contribution in [2.45, 2.75) is 20.8 Å². The molecule has 0 radical (unpaired) electrons. The number of nitrogens with two attached hydrogens (primary N) is 2. The van der Waals surface area contributed by atoms with Gasteiger partial charge in [0.1, 0.15) is 22.9 Å². The largest absolute Gasteiger partial charge is 0.491 e. The predicted molar refractivity (Wildman–Crippen MR) is 68.8 cm³/mol. The fraction of sp³-hybridized carbons (Fsp3) is 0.500. The lowest BCUT2D eigenvalue weighted by atomic mass is 10.2. The van der Waals surface area contributed by atoms with Gasteiger partial charge in [-0.15, -0.1) is 0 Å². The third-order valence-corrected chi connectivity index (χ3v) is 2.17. The summed E-state index contributed by atoms with van der Waals surface area (Å²) in [4.78, 5) is 0. The van der Waals surface area contributed by atoms with Crippen LogP contribution in [0.3, 0.4) is 0 Å². The molecule has 96 valence electrons. The van der Waals surface area contributed by atoms with Gasteiger partial charge in [-0.2, -0.15) is 0 Å². The highest BCUT2D eigenvalue weighted by Crippen LogP contribution is 2.43. The Morgan fingerprint density at radius 3 is 1.59 bits per heavy atom. The topological polar surface area (TPSA) is 79.7 Å². The molecule has 0 aliphatic rings. The Morgan fingerprint density at radius 1 is 0.824 bits per heavy atom. The lowest BCUT2D eigenvalue weighted by Crippen LogP contribution is -2.07. The first-order chi connectivity index (χ1) is 8.15. The minimum Gasteiger partial charge on any atom is -0.491 e. The highest BCUT2D eigenvalue weighted by molar-refractivity contribution is 5.78. The van der Waals surface area contributed by atoms with Crippen LogP contribution in [0, 0.1) is 0 Å². The molecule has 0 unspecified atom stereocenters. The van der Waals surface area contributed by atoms with Gasteiger partial charge in [0.05, 0.1) is 19.8 Å². The van der Waals surface area contributed by atoms with Crippen molar-refractivity contribution < 1.29 is 14.2 Å². The Morgan fingerprint density at radius 2 is 1.24 bits per heavy atom. The van der Waals surface area contributed by atoms with Crippen LogP contribution in [-0.2, 0) is 0 Å². The molecule has 0 fully saturated rings. The molecule has 1 aromatic carbocycles. The minimum absolute atomic E-state index is 0.412. The molecule has 0 aliphatic heterocycles. The SMILES string of the molecule is CCOc1cc(OCC)c(N)c(OCC)c1N. The summed E-state index contributed by atoms with van der Waals surface area (Å²) in [6.45, 7) is 7.16. The third kappa shape index (κ3) is 2.87. The van der Waals surface area contributed by atoms with Crippen molar-refractivity contribution in [1.82, 2.24) is 0 Å². The Labute approximate surface area is 102 Å². The first kappa shape index (κ1) is 13.3. The fourth-order valence-electron chi connectivity index (χ4n) is 1.49. The molecule has 0 bridgehead atoms. The Balaban J connectivity index is 3.24. The second kappa shape index (κ2) is 6.08. The number of hydrogen-bond donors (Lipinski definition) is 2. The van der Waals surface area contributed by atoms with Crippen molar-refractivity contribution in [3.8, 4) is 17.2 Å². The lowest BCUT2D eigenvalue weighted by Gasteiger charge is -2.17. The Bertz CT molecular complexity index is 350. The van der Waals surface area contributed by atoms with E-state index in [2.05, 4.69) is 0 Å². The van der Waals surface area contributed by atoms with Gasteiger partial charge in [0.2, 0.25) is 0 Å². The summed E-state index contributed by atoms with van der Waals surface area (Å²) in [6.07, 6.45) is 0. The van der Waals surface area contributed by atoms with Gasteiger partial charge in [-0.1, -0.05) is 0 Å². The van der Waals surface area contributed by atoms with Crippen LogP contribution in [0.25, 0.3) is 0 Å². The van der Waals surface area contributed by atoms with Crippen molar-refractivity contribution in [3.05, 3.63) is 6.07 Å². The number of benzene rings is 1. The van der Waals surface area contributed by atoms with Gasteiger partial charge in [0, 0.05) is 6.07 Å². The van der Waals surface area contributed by atoms with E-state index in [1.165, 1.54) is 0 Å². The quantitative estimate of drug-likeness (QED) is 0.744. The summed E-state index contributed by atoms with van der Waals surface area (Å²) >= 11 is 0. The van der Waals surface area contributed by atoms with E-state index in [1.807, 2.05) is 20.8 Å². The van der Waals surface area contributed by atoms with E-state index < -0.39 is 0 Å². The summed E-state index contributed by atoms with van der Waals surface area (Å²) in [6, 6.07) is 1.69. The number of ether oxygens (including phenoxy) is 3. The van der Waals surface area contributed by atoms with Gasteiger partial charge >= 0.3 is 0 Å². The summed E-state index contributed by atoms with van der Waals surface area (Å²) in [5.41, 5.74) is 12.7. The summed E-state index contributed by atoms with van der Waals surface area (Å²) in [7, 11) is 0. The molecule has 5 nitrogen and oxygen atoms in total. The Hall–Kier alpha value is -1.78. The number of rotatable bonds is 6. The molecule has 0 aromatic heterocycles. The highest BCUT2D eigenvalue weighted by Gasteiger charge is 2.17. The maximum atomic E-state index is 5.94. The van der Waals surface area contributed by atoms with Crippen molar-refractivity contribution >= 4 is 11.4 Å². The average molecular weight is 240 g/mol. The van der Waals surface area contributed by atoms with E-state index in [4.69, 9.17) is 25.7 Å². The third-order valence-electron chi connectivity index (χ3n) is 2.17. The van der Waals surface area contributed by atoms with Gasteiger partial charge in [0.25, 0.3) is 0 Å². The van der Waals surface area contributed by atoms with E-state index in [-0.39, 0.29) is 0 Å². The Kier molecular flexibility index (Phi) is 4.75. The van der Waals surface area contributed by atoms with Crippen LogP contribution in [0.1, 0.15) is 20.8 Å². The maximum absolute atomic E-state index is 5.94. The molecule has 0 heterocycles. The normalized spacial score (nSPS) is 10.1. The number of anilines is 2.